The van der Waals surface area contributed by atoms with E-state index in [1.807, 2.05) is 36.4 Å². The summed E-state index contributed by atoms with van der Waals surface area (Å²) in [5.74, 6) is 0. The number of hydrogen-bond acceptors (Lipinski definition) is 2. The van der Waals surface area contributed by atoms with Gasteiger partial charge in [-0.25, -0.2) is 4.39 Å². The Hall–Kier alpha value is -1.71. The molecule has 1 N–H and O–H groups in total. The molecule has 0 aliphatic rings. The molecule has 0 saturated heterocycles. The second kappa shape index (κ2) is 11.0. The number of ether oxygens (including phenoxy) is 1. The number of benzene rings is 2. The van der Waals surface area contributed by atoms with E-state index < -0.39 is 6.17 Å². The summed E-state index contributed by atoms with van der Waals surface area (Å²) in [6.07, 6.45) is 3.14. The average Bonchev–Trinajstić information content (AvgIpc) is 2.63. The highest BCUT2D eigenvalue weighted by molar-refractivity contribution is 5.31. The van der Waals surface area contributed by atoms with Crippen molar-refractivity contribution in [1.29, 1.82) is 0 Å². The Morgan fingerprint density at radius 1 is 1.00 bits per heavy atom. The zero-order chi connectivity index (χ0) is 17.0. The lowest BCUT2D eigenvalue weighted by Crippen LogP contribution is -2.31. The molecule has 0 amide bonds. The van der Waals surface area contributed by atoms with Crippen LogP contribution in [0.1, 0.15) is 36.9 Å². The molecule has 0 heterocycles. The summed E-state index contributed by atoms with van der Waals surface area (Å²) in [7, 11) is 0. The van der Waals surface area contributed by atoms with Crippen molar-refractivity contribution in [1.82, 2.24) is 5.32 Å². The van der Waals surface area contributed by atoms with Crippen molar-refractivity contribution < 1.29 is 9.13 Å². The van der Waals surface area contributed by atoms with Crippen molar-refractivity contribution >= 4 is 0 Å². The summed E-state index contributed by atoms with van der Waals surface area (Å²) in [4.78, 5) is 0. The van der Waals surface area contributed by atoms with E-state index in [-0.39, 0.29) is 19.2 Å². The Morgan fingerprint density at radius 2 is 1.58 bits per heavy atom. The van der Waals surface area contributed by atoms with Crippen molar-refractivity contribution in [3.63, 3.8) is 0 Å². The second-order valence-electron chi connectivity index (χ2n) is 5.87. The zero-order valence-corrected chi connectivity index (χ0v) is 14.3. The van der Waals surface area contributed by atoms with E-state index in [9.17, 15) is 4.39 Å². The molecule has 0 aliphatic heterocycles. The molecule has 1 atom stereocenters. The number of rotatable bonds is 11. The minimum absolute atomic E-state index is 0.0164. The van der Waals surface area contributed by atoms with E-state index in [1.165, 1.54) is 0 Å². The first kappa shape index (κ1) is 18.6. The molecular formula is C21H27FNO. The molecule has 1 unspecified atom stereocenters. The first-order chi connectivity index (χ1) is 11.8. The van der Waals surface area contributed by atoms with Gasteiger partial charge in [0.25, 0.3) is 0 Å². The molecular weight excluding hydrogens is 301 g/mol. The first-order valence-electron chi connectivity index (χ1n) is 8.68. The summed E-state index contributed by atoms with van der Waals surface area (Å²) in [5.41, 5.74) is 2.26. The first-order valence-corrected chi connectivity index (χ1v) is 8.68. The van der Waals surface area contributed by atoms with Crippen molar-refractivity contribution in [2.45, 2.75) is 32.0 Å². The Balaban J connectivity index is 1.88. The van der Waals surface area contributed by atoms with Crippen LogP contribution < -0.4 is 5.32 Å². The topological polar surface area (TPSA) is 21.3 Å². The van der Waals surface area contributed by atoms with E-state index in [4.69, 9.17) is 4.74 Å². The van der Waals surface area contributed by atoms with Crippen LogP contribution in [0.25, 0.3) is 0 Å². The predicted octanol–water partition coefficient (Wildman–Crippen LogP) is 4.72. The molecule has 0 saturated carbocycles. The number of nitrogens with one attached hydrogen (secondary N) is 1. The fourth-order valence-corrected chi connectivity index (χ4v) is 2.59. The molecule has 2 aromatic carbocycles. The minimum Gasteiger partial charge on any atom is -0.378 e. The molecule has 0 aliphatic carbocycles. The third-order valence-electron chi connectivity index (χ3n) is 3.84. The molecule has 1 radical (unpaired) electrons. The van der Waals surface area contributed by atoms with Gasteiger partial charge in [-0.15, -0.1) is 0 Å². The maximum Gasteiger partial charge on any atom is 0.136 e. The fraction of sp³-hybridized carbons (Fsp3) is 0.381. The van der Waals surface area contributed by atoms with Gasteiger partial charge in [0.2, 0.25) is 0 Å². The van der Waals surface area contributed by atoms with Gasteiger partial charge >= 0.3 is 0 Å². The SMILES string of the molecule is CCC[CH]COCC(F)CNC(c1ccccc1)c1ccccc1. The summed E-state index contributed by atoms with van der Waals surface area (Å²) >= 11 is 0. The Morgan fingerprint density at radius 3 is 2.12 bits per heavy atom. The lowest BCUT2D eigenvalue weighted by atomic mass is 9.98. The van der Waals surface area contributed by atoms with E-state index >= 15 is 0 Å². The molecule has 2 aromatic rings. The largest absolute Gasteiger partial charge is 0.378 e. The maximum atomic E-state index is 14.1. The third kappa shape index (κ3) is 6.42. The highest BCUT2D eigenvalue weighted by Crippen LogP contribution is 2.21. The van der Waals surface area contributed by atoms with Crippen LogP contribution in [0.15, 0.2) is 60.7 Å². The Kier molecular flexibility index (Phi) is 8.50. The van der Waals surface area contributed by atoms with E-state index in [0.717, 1.165) is 24.0 Å². The van der Waals surface area contributed by atoms with Crippen molar-refractivity contribution in [2.75, 3.05) is 19.8 Å². The van der Waals surface area contributed by atoms with Crippen molar-refractivity contribution in [3.05, 3.63) is 78.2 Å². The van der Waals surface area contributed by atoms with Gasteiger partial charge in [-0.05, 0) is 24.0 Å². The van der Waals surface area contributed by atoms with Crippen LogP contribution in [0.4, 0.5) is 4.39 Å². The number of unbranched alkanes of at least 4 members (excludes halogenated alkanes) is 2. The van der Waals surface area contributed by atoms with Crippen LogP contribution in [0.3, 0.4) is 0 Å². The van der Waals surface area contributed by atoms with Crippen LogP contribution in [0.5, 0.6) is 0 Å². The van der Waals surface area contributed by atoms with Gasteiger partial charge in [-0.2, -0.15) is 0 Å². The smallest absolute Gasteiger partial charge is 0.136 e. The van der Waals surface area contributed by atoms with E-state index in [0.29, 0.717) is 6.61 Å². The van der Waals surface area contributed by atoms with Crippen LogP contribution in [-0.2, 0) is 4.74 Å². The van der Waals surface area contributed by atoms with Gasteiger partial charge in [0.15, 0.2) is 0 Å². The average molecular weight is 328 g/mol. The summed E-state index contributed by atoms with van der Waals surface area (Å²) < 4.78 is 19.5. The van der Waals surface area contributed by atoms with Crippen LogP contribution >= 0.6 is 0 Å². The predicted molar refractivity (Wildman–Crippen MR) is 97.7 cm³/mol. The summed E-state index contributed by atoms with van der Waals surface area (Å²) in [5, 5.41) is 3.34. The molecule has 0 fully saturated rings. The standard InChI is InChI=1S/C21H27FNO/c1-2-3-10-15-24-17-20(22)16-23-21(18-11-6-4-7-12-18)19-13-8-5-9-14-19/h4-14,20-21,23H,2-3,15-17H2,1H3. The molecule has 2 nitrogen and oxygen atoms in total. The van der Waals surface area contributed by atoms with Crippen molar-refractivity contribution in [2.24, 2.45) is 0 Å². The van der Waals surface area contributed by atoms with Crippen LogP contribution in [-0.4, -0.2) is 25.9 Å². The lowest BCUT2D eigenvalue weighted by molar-refractivity contribution is 0.0916. The Labute approximate surface area is 145 Å². The third-order valence-corrected chi connectivity index (χ3v) is 3.84. The van der Waals surface area contributed by atoms with Gasteiger partial charge < -0.3 is 10.1 Å². The zero-order valence-electron chi connectivity index (χ0n) is 14.3. The number of alkyl halides is 1. The molecule has 129 valence electrons. The molecule has 0 spiro atoms. The van der Waals surface area contributed by atoms with Gasteiger partial charge in [0.1, 0.15) is 6.17 Å². The van der Waals surface area contributed by atoms with Crippen LogP contribution in [0.2, 0.25) is 0 Å². The molecule has 2 rings (SSSR count). The van der Waals surface area contributed by atoms with Gasteiger partial charge in [-0.3, -0.25) is 0 Å². The fourth-order valence-electron chi connectivity index (χ4n) is 2.59. The van der Waals surface area contributed by atoms with Gasteiger partial charge in [0.05, 0.1) is 12.6 Å². The van der Waals surface area contributed by atoms with Crippen LogP contribution in [0, 0.1) is 6.42 Å². The van der Waals surface area contributed by atoms with Gasteiger partial charge in [-0.1, -0.05) is 74.0 Å². The lowest BCUT2D eigenvalue weighted by Gasteiger charge is -2.21. The van der Waals surface area contributed by atoms with Crippen molar-refractivity contribution in [3.8, 4) is 0 Å². The highest BCUT2D eigenvalue weighted by Gasteiger charge is 2.15. The molecule has 24 heavy (non-hydrogen) atoms. The summed E-state index contributed by atoms with van der Waals surface area (Å²) in [6.45, 7) is 3.03. The maximum absolute atomic E-state index is 14.1. The number of hydrogen-bond donors (Lipinski definition) is 1. The highest BCUT2D eigenvalue weighted by atomic mass is 19.1. The molecule has 0 aromatic heterocycles. The molecule has 3 heteroatoms. The van der Waals surface area contributed by atoms with Gasteiger partial charge in [0, 0.05) is 13.2 Å². The Bertz CT molecular complexity index is 507. The normalized spacial score (nSPS) is 12.5. The number of halogens is 1. The van der Waals surface area contributed by atoms with E-state index in [1.54, 1.807) is 0 Å². The quantitative estimate of drug-likeness (QED) is 0.602. The monoisotopic (exact) mass is 328 g/mol. The molecule has 0 bridgehead atoms. The minimum atomic E-state index is -1.02. The van der Waals surface area contributed by atoms with E-state index in [2.05, 4.69) is 42.9 Å². The summed E-state index contributed by atoms with van der Waals surface area (Å²) in [6, 6.07) is 20.2. The second-order valence-corrected chi connectivity index (χ2v) is 5.87.